The van der Waals surface area contributed by atoms with Gasteiger partial charge in [-0.15, -0.1) is 11.3 Å². The second kappa shape index (κ2) is 16.9. The molecule has 0 aliphatic carbocycles. The normalized spacial score (nSPS) is 20.4. The molecule has 3 saturated heterocycles. The van der Waals surface area contributed by atoms with Crippen molar-refractivity contribution in [1.29, 1.82) is 0 Å². The third-order valence-electron chi connectivity index (χ3n) is 10.6. The standard InChI is InChI=1S/C39H50N4O6S/c44-33-15-13-30(31-14-16-36(46)41-37(31)33)34(45)25-40-19-6-4-2-1-3-5-7-22-49-29-11-8-10-28(24-29)39(42-38(47)48,35-12-9-23-50-35)32-26-43-20-17-27(32)18-21-43/h8-16,23-24,27,32,34,40,42,44-45H,1-7,17-22,25-26H2,(H,41,46)(H,47,48). The number of amides is 1. The fourth-order valence-electron chi connectivity index (χ4n) is 8.05. The van der Waals surface area contributed by atoms with Crippen molar-refractivity contribution in [2.75, 3.05) is 39.3 Å². The topological polar surface area (TPSA) is 147 Å². The first kappa shape index (κ1) is 35.9. The van der Waals surface area contributed by atoms with Gasteiger partial charge >= 0.3 is 6.09 Å². The number of aliphatic hydroxyl groups excluding tert-OH is 1. The zero-order valence-electron chi connectivity index (χ0n) is 28.6. The highest BCUT2D eigenvalue weighted by molar-refractivity contribution is 7.10. The van der Waals surface area contributed by atoms with Gasteiger partial charge in [0.1, 0.15) is 17.0 Å². The summed E-state index contributed by atoms with van der Waals surface area (Å²) in [6, 6.07) is 18.4. The molecule has 1 amide bonds. The number of unbranched alkanes of at least 4 members (excludes halogenated alkanes) is 6. The van der Waals surface area contributed by atoms with Gasteiger partial charge in [0.15, 0.2) is 0 Å². The zero-order valence-corrected chi connectivity index (χ0v) is 29.4. The summed E-state index contributed by atoms with van der Waals surface area (Å²) in [6.45, 7) is 4.90. The monoisotopic (exact) mass is 702 g/mol. The van der Waals surface area contributed by atoms with Crippen molar-refractivity contribution in [3.8, 4) is 11.5 Å². The zero-order chi connectivity index (χ0) is 34.9. The van der Waals surface area contributed by atoms with Crippen LogP contribution in [-0.2, 0) is 5.54 Å². The van der Waals surface area contributed by atoms with Crippen molar-refractivity contribution in [1.82, 2.24) is 20.5 Å². The number of aromatic hydroxyl groups is 1. The number of H-pyrrole nitrogens is 1. The van der Waals surface area contributed by atoms with Crippen LogP contribution >= 0.6 is 11.3 Å². The average molecular weight is 703 g/mol. The molecule has 10 nitrogen and oxygen atoms in total. The van der Waals surface area contributed by atoms with E-state index in [4.69, 9.17) is 4.74 Å². The molecule has 2 aromatic carbocycles. The summed E-state index contributed by atoms with van der Waals surface area (Å²) in [6.07, 6.45) is 8.12. The first-order valence-electron chi connectivity index (χ1n) is 18.1. The lowest BCUT2D eigenvalue weighted by molar-refractivity contribution is 0.00819. The first-order valence-corrected chi connectivity index (χ1v) is 19.0. The van der Waals surface area contributed by atoms with E-state index in [1.807, 2.05) is 23.6 Å². The number of thiophene rings is 1. The Morgan fingerprint density at radius 1 is 1.00 bits per heavy atom. The van der Waals surface area contributed by atoms with E-state index in [0.29, 0.717) is 35.5 Å². The third-order valence-corrected chi connectivity index (χ3v) is 11.6. The lowest BCUT2D eigenvalue weighted by Crippen LogP contribution is -2.61. The van der Waals surface area contributed by atoms with Crippen LogP contribution < -0.4 is 20.9 Å². The van der Waals surface area contributed by atoms with E-state index >= 15 is 0 Å². The molecule has 0 radical (unpaired) electrons. The summed E-state index contributed by atoms with van der Waals surface area (Å²) in [4.78, 5) is 30.1. The van der Waals surface area contributed by atoms with Gasteiger partial charge in [0.25, 0.3) is 0 Å². The maximum Gasteiger partial charge on any atom is 0.405 e. The van der Waals surface area contributed by atoms with E-state index in [9.17, 15) is 24.9 Å². The van der Waals surface area contributed by atoms with E-state index in [0.717, 1.165) is 93.7 Å². The number of fused-ring (bicyclic) bond motifs is 4. The second-order valence-corrected chi connectivity index (χ2v) is 14.8. The number of hydrogen-bond donors (Lipinski definition) is 6. The molecule has 3 unspecified atom stereocenters. The van der Waals surface area contributed by atoms with Crippen LogP contribution in [0.2, 0.25) is 0 Å². The minimum atomic E-state index is -1.00. The molecule has 7 rings (SSSR count). The number of aromatic nitrogens is 1. The number of phenolic OH excluding ortho intramolecular Hbond substituents is 1. The number of pyridine rings is 1. The molecule has 268 valence electrons. The maximum atomic E-state index is 12.3. The molecule has 6 N–H and O–H groups in total. The van der Waals surface area contributed by atoms with Crippen LogP contribution in [0, 0.1) is 11.8 Å². The summed E-state index contributed by atoms with van der Waals surface area (Å²) >= 11 is 1.62. The second-order valence-electron chi connectivity index (χ2n) is 13.8. The van der Waals surface area contributed by atoms with Gasteiger partial charge in [-0.05, 0) is 98.1 Å². The molecular formula is C39H50N4O6S. The van der Waals surface area contributed by atoms with Gasteiger partial charge in [-0.25, -0.2) is 4.79 Å². The van der Waals surface area contributed by atoms with Crippen molar-refractivity contribution in [2.24, 2.45) is 11.8 Å². The Labute approximate surface area is 297 Å². The quantitative estimate of drug-likeness (QED) is 0.0638. The minimum Gasteiger partial charge on any atom is -0.506 e. The molecule has 4 aromatic rings. The van der Waals surface area contributed by atoms with Gasteiger partial charge in [0.2, 0.25) is 5.56 Å². The number of piperidine rings is 3. The lowest BCUT2D eigenvalue weighted by atomic mass is 9.65. The number of aliphatic hydroxyl groups is 1. The predicted molar refractivity (Wildman–Crippen MR) is 197 cm³/mol. The Morgan fingerprint density at radius 3 is 2.50 bits per heavy atom. The Kier molecular flexibility index (Phi) is 12.1. The van der Waals surface area contributed by atoms with Crippen molar-refractivity contribution >= 4 is 28.3 Å². The molecule has 2 aromatic heterocycles. The number of nitrogens with one attached hydrogen (secondary N) is 3. The van der Waals surface area contributed by atoms with Crippen molar-refractivity contribution in [3.63, 3.8) is 0 Å². The molecule has 2 bridgehead atoms. The molecule has 50 heavy (non-hydrogen) atoms. The number of carbonyl (C=O) groups is 1. The first-order chi connectivity index (χ1) is 24.3. The summed E-state index contributed by atoms with van der Waals surface area (Å²) in [7, 11) is 0. The Balaban J connectivity index is 0.910. The fourth-order valence-corrected chi connectivity index (χ4v) is 9.02. The fraction of sp³-hybridized carbons (Fsp3) is 0.487. The van der Waals surface area contributed by atoms with Crippen molar-refractivity contribution in [3.05, 3.63) is 92.4 Å². The lowest BCUT2D eigenvalue weighted by Gasteiger charge is -2.53. The van der Waals surface area contributed by atoms with Crippen LogP contribution in [0.5, 0.6) is 11.5 Å². The van der Waals surface area contributed by atoms with Crippen LogP contribution in [0.15, 0.2) is 70.8 Å². The summed E-state index contributed by atoms with van der Waals surface area (Å²) in [5.74, 6) is 1.39. The van der Waals surface area contributed by atoms with Gasteiger partial charge in [0, 0.05) is 35.3 Å². The number of hydrogen-bond acceptors (Lipinski definition) is 8. The van der Waals surface area contributed by atoms with Gasteiger partial charge < -0.3 is 40.6 Å². The highest BCUT2D eigenvalue weighted by atomic mass is 32.1. The summed E-state index contributed by atoms with van der Waals surface area (Å²) < 4.78 is 6.23. The number of ether oxygens (including phenoxy) is 1. The molecule has 0 saturated carbocycles. The molecule has 3 aliphatic heterocycles. The number of benzene rings is 2. The molecular weight excluding hydrogens is 653 g/mol. The molecule has 5 heterocycles. The van der Waals surface area contributed by atoms with E-state index in [2.05, 4.69) is 38.7 Å². The SMILES string of the molecule is O=C(O)NC(c1cccc(OCCCCCCCCCNCC(O)c2ccc(O)c3[nH]c(=O)ccc23)c1)(c1cccs1)C1CN2CCC1CC2. The maximum absolute atomic E-state index is 12.3. The van der Waals surface area contributed by atoms with Gasteiger partial charge in [-0.3, -0.25) is 4.79 Å². The highest BCUT2D eigenvalue weighted by Gasteiger charge is 2.51. The van der Waals surface area contributed by atoms with Gasteiger partial charge in [0.05, 0.1) is 18.2 Å². The van der Waals surface area contributed by atoms with Crippen LogP contribution in [0.1, 0.15) is 79.9 Å². The van der Waals surface area contributed by atoms with Gasteiger partial charge in [-0.1, -0.05) is 56.4 Å². The number of aromatic amines is 1. The van der Waals surface area contributed by atoms with E-state index in [-0.39, 0.29) is 17.2 Å². The minimum absolute atomic E-state index is 0.0117. The average Bonchev–Trinajstić information content (AvgIpc) is 3.67. The van der Waals surface area contributed by atoms with E-state index in [1.54, 1.807) is 23.5 Å². The number of rotatable bonds is 18. The van der Waals surface area contributed by atoms with Crippen LogP contribution in [0.3, 0.4) is 0 Å². The Hall–Kier alpha value is -3.90. The smallest absolute Gasteiger partial charge is 0.405 e. The van der Waals surface area contributed by atoms with Crippen molar-refractivity contribution < 1.29 is 24.9 Å². The van der Waals surface area contributed by atoms with Gasteiger partial charge in [-0.2, -0.15) is 0 Å². The molecule has 3 fully saturated rings. The van der Waals surface area contributed by atoms with E-state index < -0.39 is 17.7 Å². The Morgan fingerprint density at radius 2 is 1.78 bits per heavy atom. The number of nitrogens with zero attached hydrogens (tertiary/aromatic N) is 1. The summed E-state index contributed by atoms with van der Waals surface area (Å²) in [5, 5.41) is 39.9. The largest absolute Gasteiger partial charge is 0.506 e. The highest BCUT2D eigenvalue weighted by Crippen LogP contribution is 2.48. The predicted octanol–water partition coefficient (Wildman–Crippen LogP) is 6.58. The van der Waals surface area contributed by atoms with Crippen LogP contribution in [0.25, 0.3) is 10.9 Å². The molecule has 3 aliphatic rings. The molecule has 0 spiro atoms. The van der Waals surface area contributed by atoms with E-state index in [1.165, 1.54) is 18.6 Å². The number of carboxylic acid groups (broad SMARTS) is 1. The van der Waals surface area contributed by atoms with Crippen LogP contribution in [0.4, 0.5) is 4.79 Å². The van der Waals surface area contributed by atoms with Crippen molar-refractivity contribution in [2.45, 2.75) is 69.4 Å². The Bertz CT molecular complexity index is 1760. The summed E-state index contributed by atoms with van der Waals surface area (Å²) in [5.41, 5.74) is 0.855. The van der Waals surface area contributed by atoms with Crippen LogP contribution in [-0.4, -0.2) is 70.6 Å². The molecule has 3 atom stereocenters. The number of phenols is 1. The molecule has 11 heteroatoms. The third kappa shape index (κ3) is 8.34.